The number of nitrogens with zero attached hydrogens (tertiary/aromatic N) is 2. The van der Waals surface area contributed by atoms with E-state index in [1.165, 1.54) is 5.56 Å². The summed E-state index contributed by atoms with van der Waals surface area (Å²) in [7, 11) is 0. The van der Waals surface area contributed by atoms with Gasteiger partial charge in [0, 0.05) is 6.42 Å². The van der Waals surface area contributed by atoms with Crippen LogP contribution >= 0.6 is 0 Å². The average molecular weight is 352 g/mol. The minimum Gasteiger partial charge on any atom is -0.490 e. The van der Waals surface area contributed by atoms with E-state index in [2.05, 4.69) is 36.6 Å². The molecule has 0 aliphatic carbocycles. The third-order valence-electron chi connectivity index (χ3n) is 4.63. The van der Waals surface area contributed by atoms with Crippen molar-refractivity contribution in [2.75, 3.05) is 6.61 Å². The first-order valence-corrected chi connectivity index (χ1v) is 9.32. The Labute approximate surface area is 155 Å². The van der Waals surface area contributed by atoms with E-state index >= 15 is 0 Å². The third kappa shape index (κ3) is 3.91. The van der Waals surface area contributed by atoms with Crippen LogP contribution in [0.3, 0.4) is 0 Å². The van der Waals surface area contributed by atoms with Crippen molar-refractivity contribution < 1.29 is 9.84 Å². The minimum atomic E-state index is -0.594. The van der Waals surface area contributed by atoms with Crippen LogP contribution in [-0.4, -0.2) is 27.4 Å². The van der Waals surface area contributed by atoms with Gasteiger partial charge in [0.15, 0.2) is 0 Å². The number of rotatable bonds is 7. The van der Waals surface area contributed by atoms with Gasteiger partial charge in [0.05, 0.1) is 17.6 Å². The number of hydrogen-bond donors (Lipinski definition) is 1. The lowest BCUT2D eigenvalue weighted by molar-refractivity contribution is 0.0920. The van der Waals surface area contributed by atoms with Crippen LogP contribution in [0.15, 0.2) is 36.4 Å². The number of fused-ring (bicyclic) bond motifs is 1. The molecule has 0 fully saturated rings. The Bertz CT molecular complexity index is 875. The van der Waals surface area contributed by atoms with Gasteiger partial charge in [-0.2, -0.15) is 0 Å². The van der Waals surface area contributed by atoms with Gasteiger partial charge in [-0.25, -0.2) is 4.98 Å². The van der Waals surface area contributed by atoms with Gasteiger partial charge in [-0.15, -0.1) is 0 Å². The Morgan fingerprint density at radius 2 is 1.81 bits per heavy atom. The van der Waals surface area contributed by atoms with Crippen molar-refractivity contribution in [1.82, 2.24) is 9.55 Å². The van der Waals surface area contributed by atoms with Gasteiger partial charge in [0.1, 0.15) is 24.3 Å². The number of para-hydroxylation sites is 2. The van der Waals surface area contributed by atoms with Crippen molar-refractivity contribution in [3.05, 3.63) is 58.9 Å². The molecule has 1 aromatic heterocycles. The van der Waals surface area contributed by atoms with Crippen LogP contribution in [-0.2, 0) is 13.0 Å². The number of ether oxygens (including phenoxy) is 1. The number of hydrogen-bond acceptors (Lipinski definition) is 3. The van der Waals surface area contributed by atoms with E-state index in [1.807, 2.05) is 32.0 Å². The molecule has 1 heterocycles. The van der Waals surface area contributed by atoms with Crippen molar-refractivity contribution in [3.63, 3.8) is 0 Å². The molecule has 0 amide bonds. The average Bonchev–Trinajstić information content (AvgIpc) is 2.92. The van der Waals surface area contributed by atoms with Crippen LogP contribution in [0.1, 0.15) is 35.9 Å². The van der Waals surface area contributed by atoms with E-state index in [0.29, 0.717) is 6.54 Å². The molecule has 0 spiro atoms. The molecule has 0 bridgehead atoms. The summed E-state index contributed by atoms with van der Waals surface area (Å²) in [5.41, 5.74) is 5.48. The second-order valence-electron chi connectivity index (χ2n) is 7.07. The number of aliphatic hydroxyl groups is 1. The molecule has 26 heavy (non-hydrogen) atoms. The van der Waals surface area contributed by atoms with Crippen LogP contribution in [0.5, 0.6) is 5.75 Å². The van der Waals surface area contributed by atoms with Crippen LogP contribution in [0.25, 0.3) is 11.0 Å². The first kappa shape index (κ1) is 18.5. The quantitative estimate of drug-likeness (QED) is 0.687. The fourth-order valence-electron chi connectivity index (χ4n) is 3.58. The van der Waals surface area contributed by atoms with E-state index in [9.17, 15) is 5.11 Å². The standard InChI is InChI=1S/C22H28N2O2/c1-5-8-21-23-19-9-6-7-10-20(19)24(21)13-18(25)14-26-22-16(3)11-15(2)12-17(22)4/h6-7,9-12,18,25H,5,8,13-14H2,1-4H3/t18-/m0/s1. The highest BCUT2D eigenvalue weighted by molar-refractivity contribution is 5.75. The minimum absolute atomic E-state index is 0.267. The van der Waals surface area contributed by atoms with Crippen molar-refractivity contribution in [2.45, 2.75) is 53.2 Å². The van der Waals surface area contributed by atoms with E-state index in [4.69, 9.17) is 9.72 Å². The summed E-state index contributed by atoms with van der Waals surface area (Å²) in [5.74, 6) is 1.90. The zero-order chi connectivity index (χ0) is 18.7. The lowest BCUT2D eigenvalue weighted by Crippen LogP contribution is -2.25. The molecule has 1 N–H and O–H groups in total. The third-order valence-corrected chi connectivity index (χ3v) is 4.63. The Balaban J connectivity index is 1.75. The maximum Gasteiger partial charge on any atom is 0.125 e. The SMILES string of the molecule is CCCc1nc2ccccc2n1C[C@H](O)COc1c(C)cc(C)cc1C. The number of imidazole rings is 1. The molecule has 138 valence electrons. The predicted octanol–water partition coefficient (Wildman–Crippen LogP) is 4.35. The van der Waals surface area contributed by atoms with E-state index in [-0.39, 0.29) is 6.61 Å². The predicted molar refractivity (Wildman–Crippen MR) is 106 cm³/mol. The van der Waals surface area contributed by atoms with Crippen molar-refractivity contribution in [2.24, 2.45) is 0 Å². The summed E-state index contributed by atoms with van der Waals surface area (Å²) in [6.07, 6.45) is 1.33. The number of aromatic nitrogens is 2. The fraction of sp³-hybridized carbons (Fsp3) is 0.409. The molecule has 3 aromatic rings. The van der Waals surface area contributed by atoms with E-state index < -0.39 is 6.10 Å². The molecule has 4 heteroatoms. The summed E-state index contributed by atoms with van der Waals surface area (Å²) in [6.45, 7) is 9.07. The van der Waals surface area contributed by atoms with E-state index in [1.54, 1.807) is 0 Å². The molecular weight excluding hydrogens is 324 g/mol. The Morgan fingerprint density at radius 1 is 1.12 bits per heavy atom. The Hall–Kier alpha value is -2.33. The molecule has 1 atom stereocenters. The summed E-state index contributed by atoms with van der Waals surface area (Å²) in [4.78, 5) is 4.72. The summed E-state index contributed by atoms with van der Waals surface area (Å²) in [6, 6.07) is 12.3. The maximum atomic E-state index is 10.6. The van der Waals surface area contributed by atoms with Gasteiger partial charge in [0.2, 0.25) is 0 Å². The maximum absolute atomic E-state index is 10.6. The normalized spacial score (nSPS) is 12.5. The Morgan fingerprint density at radius 3 is 2.50 bits per heavy atom. The van der Waals surface area contributed by atoms with Gasteiger partial charge in [-0.05, 0) is 50.5 Å². The largest absolute Gasteiger partial charge is 0.490 e. The summed E-state index contributed by atoms with van der Waals surface area (Å²) < 4.78 is 8.09. The molecule has 0 saturated carbocycles. The summed E-state index contributed by atoms with van der Waals surface area (Å²) >= 11 is 0. The molecule has 0 unspecified atom stereocenters. The highest BCUT2D eigenvalue weighted by Crippen LogP contribution is 2.25. The first-order chi connectivity index (χ1) is 12.5. The molecule has 2 aromatic carbocycles. The molecule has 3 rings (SSSR count). The smallest absolute Gasteiger partial charge is 0.125 e. The Kier molecular flexibility index (Phi) is 5.62. The second kappa shape index (κ2) is 7.92. The van der Waals surface area contributed by atoms with Crippen LogP contribution in [0.4, 0.5) is 0 Å². The topological polar surface area (TPSA) is 47.3 Å². The van der Waals surface area contributed by atoms with Crippen molar-refractivity contribution >= 4 is 11.0 Å². The van der Waals surface area contributed by atoms with Crippen LogP contribution in [0.2, 0.25) is 0 Å². The van der Waals surface area contributed by atoms with Crippen LogP contribution < -0.4 is 4.74 Å². The lowest BCUT2D eigenvalue weighted by atomic mass is 10.1. The fourth-order valence-corrected chi connectivity index (χ4v) is 3.58. The monoisotopic (exact) mass is 352 g/mol. The summed E-state index contributed by atoms with van der Waals surface area (Å²) in [5, 5.41) is 10.6. The highest BCUT2D eigenvalue weighted by atomic mass is 16.5. The molecule has 4 nitrogen and oxygen atoms in total. The first-order valence-electron chi connectivity index (χ1n) is 9.32. The second-order valence-corrected chi connectivity index (χ2v) is 7.07. The van der Waals surface area contributed by atoms with Gasteiger partial charge in [-0.3, -0.25) is 0 Å². The van der Waals surface area contributed by atoms with Gasteiger partial charge in [-0.1, -0.05) is 36.8 Å². The zero-order valence-electron chi connectivity index (χ0n) is 16.1. The molecule has 0 aliphatic rings. The number of aliphatic hydroxyl groups excluding tert-OH is 1. The van der Waals surface area contributed by atoms with Gasteiger partial charge in [0.25, 0.3) is 0 Å². The lowest BCUT2D eigenvalue weighted by Gasteiger charge is -2.18. The van der Waals surface area contributed by atoms with E-state index in [0.717, 1.165) is 46.6 Å². The number of aryl methyl sites for hydroxylation is 4. The molecule has 0 saturated heterocycles. The van der Waals surface area contributed by atoms with Crippen molar-refractivity contribution in [1.29, 1.82) is 0 Å². The van der Waals surface area contributed by atoms with Crippen molar-refractivity contribution in [3.8, 4) is 5.75 Å². The number of benzene rings is 2. The van der Waals surface area contributed by atoms with Gasteiger partial charge >= 0.3 is 0 Å². The highest BCUT2D eigenvalue weighted by Gasteiger charge is 2.15. The molecule has 0 radical (unpaired) electrons. The van der Waals surface area contributed by atoms with Gasteiger partial charge < -0.3 is 14.4 Å². The van der Waals surface area contributed by atoms with Crippen LogP contribution in [0, 0.1) is 20.8 Å². The zero-order valence-corrected chi connectivity index (χ0v) is 16.1. The molecule has 0 aliphatic heterocycles. The molecular formula is C22H28N2O2.